The summed E-state index contributed by atoms with van der Waals surface area (Å²) in [5, 5.41) is 2.66. The fourth-order valence-corrected chi connectivity index (χ4v) is 2.27. The molecule has 0 amide bonds. The molecule has 0 saturated heterocycles. The molecule has 0 aliphatic heterocycles. The number of benzene rings is 2. The Morgan fingerprint density at radius 1 is 0.652 bits per heavy atom. The molecule has 114 valence electrons. The van der Waals surface area contributed by atoms with E-state index in [1.807, 2.05) is 6.07 Å². The molecule has 0 radical (unpaired) electrons. The zero-order chi connectivity index (χ0) is 13.6. The van der Waals surface area contributed by atoms with Gasteiger partial charge in [0.1, 0.15) is 0 Å². The van der Waals surface area contributed by atoms with Gasteiger partial charge in [0, 0.05) is 0 Å². The van der Waals surface area contributed by atoms with Crippen LogP contribution >= 0.6 is 0 Å². The second-order valence-corrected chi connectivity index (χ2v) is 4.69. The summed E-state index contributed by atoms with van der Waals surface area (Å²) in [6, 6.07) is 33.4. The smallest absolute Gasteiger partial charge is 1.00 e. The second-order valence-electron chi connectivity index (χ2n) is 4.69. The number of hydrogen-bond donors (Lipinski definition) is 0. The van der Waals surface area contributed by atoms with Gasteiger partial charge in [0.05, 0.1) is 0 Å². The van der Waals surface area contributed by atoms with E-state index in [0.717, 1.165) is 0 Å². The van der Waals surface area contributed by atoms with E-state index in [9.17, 15) is 0 Å². The Morgan fingerprint density at radius 3 is 1.91 bits per heavy atom. The number of hydrogen-bond acceptors (Lipinski definition) is 0. The van der Waals surface area contributed by atoms with Crippen LogP contribution < -0.4 is 24.8 Å². The molecule has 4 aromatic rings. The normalized spacial score (nSPS) is 8.70. The van der Waals surface area contributed by atoms with Crippen molar-refractivity contribution in [2.24, 2.45) is 0 Å². The van der Waals surface area contributed by atoms with Crippen LogP contribution in [0.1, 0.15) is 0 Å². The van der Waals surface area contributed by atoms with Crippen molar-refractivity contribution < 1.29 is 51.0 Å². The molecule has 0 saturated carbocycles. The fraction of sp³-hybridized carbons (Fsp3) is 0. The molecule has 0 aromatic heterocycles. The fourth-order valence-electron chi connectivity index (χ4n) is 2.27. The Kier molecular flexibility index (Phi) is 10.8. The van der Waals surface area contributed by atoms with E-state index in [1.54, 1.807) is 0 Å². The second kappa shape index (κ2) is 11.4. The van der Waals surface area contributed by atoms with Gasteiger partial charge in [-0.15, -0.1) is 59.5 Å². The van der Waals surface area contributed by atoms with Gasteiger partial charge in [0.25, 0.3) is 0 Å². The maximum atomic E-state index is 2.12. The zero-order valence-electron chi connectivity index (χ0n) is 12.5. The molecule has 0 fully saturated rings. The third kappa shape index (κ3) is 6.11. The summed E-state index contributed by atoms with van der Waals surface area (Å²) >= 11 is 0. The minimum absolute atomic E-state index is 0. The van der Waals surface area contributed by atoms with Crippen LogP contribution in [0.2, 0.25) is 0 Å². The zero-order valence-corrected chi connectivity index (χ0v) is 16.5. The van der Waals surface area contributed by atoms with Crippen molar-refractivity contribution in [1.82, 2.24) is 0 Å². The summed E-state index contributed by atoms with van der Waals surface area (Å²) in [6.07, 6.45) is 0. The third-order valence-corrected chi connectivity index (χ3v) is 3.32. The quantitative estimate of drug-likeness (QED) is 0.371. The van der Waals surface area contributed by atoms with Crippen LogP contribution in [0.4, 0.5) is 0 Å². The maximum absolute atomic E-state index is 2.12. The van der Waals surface area contributed by atoms with Gasteiger partial charge in [-0.3, -0.25) is 0 Å². The standard InChI is InChI=1S/C11H9.C9H7.2ClH.Zr/c1-2-6-10(7-3-1)11-8-4-5-9-11;1-2-5-9-7-3-6-8(9)4-1;;;/h1-9H;1-7H;2*1H;/q2*-1;;;+4/p-2. The topological polar surface area (TPSA) is 0 Å². The van der Waals surface area contributed by atoms with Gasteiger partial charge >= 0.3 is 26.2 Å². The molecule has 23 heavy (non-hydrogen) atoms. The molecule has 0 nitrogen and oxygen atoms in total. The monoisotopic (exact) mass is 416 g/mol. The van der Waals surface area contributed by atoms with Crippen molar-refractivity contribution >= 4 is 10.8 Å². The SMILES string of the molecule is [Cl-].[Cl-].[Zr+4].c1ccc(-[c-]2cccc2)cc1.c1ccc2[cH-]ccc2c1. The number of halogens is 2. The van der Waals surface area contributed by atoms with Crippen LogP contribution in [0.3, 0.4) is 0 Å². The summed E-state index contributed by atoms with van der Waals surface area (Å²) in [5.74, 6) is 0. The average molecular weight is 418 g/mol. The van der Waals surface area contributed by atoms with Gasteiger partial charge in [-0.05, 0) is 0 Å². The van der Waals surface area contributed by atoms with Gasteiger partial charge in [-0.2, -0.15) is 29.7 Å². The molecule has 4 rings (SSSR count). The van der Waals surface area contributed by atoms with Crippen molar-refractivity contribution in [3.8, 4) is 11.1 Å². The predicted molar refractivity (Wildman–Crippen MR) is 87.0 cm³/mol. The molecule has 3 heteroatoms. The van der Waals surface area contributed by atoms with E-state index >= 15 is 0 Å². The molecule has 4 aromatic carbocycles. The van der Waals surface area contributed by atoms with Crippen LogP contribution in [-0.2, 0) is 26.2 Å². The van der Waals surface area contributed by atoms with Crippen molar-refractivity contribution in [3.63, 3.8) is 0 Å². The molecule has 0 N–H and O–H groups in total. The van der Waals surface area contributed by atoms with Gasteiger partial charge in [0.2, 0.25) is 0 Å². The summed E-state index contributed by atoms with van der Waals surface area (Å²) in [5.41, 5.74) is 2.59. The van der Waals surface area contributed by atoms with Crippen LogP contribution in [0.5, 0.6) is 0 Å². The summed E-state index contributed by atoms with van der Waals surface area (Å²) < 4.78 is 0. The maximum Gasteiger partial charge on any atom is 4.00 e. The summed E-state index contributed by atoms with van der Waals surface area (Å²) in [4.78, 5) is 0. The molecule has 0 aliphatic carbocycles. The van der Waals surface area contributed by atoms with E-state index < -0.39 is 0 Å². The van der Waals surface area contributed by atoms with Crippen molar-refractivity contribution in [2.45, 2.75) is 0 Å². The van der Waals surface area contributed by atoms with Crippen molar-refractivity contribution in [1.29, 1.82) is 0 Å². The molecule has 0 bridgehead atoms. The molecular weight excluding hydrogens is 402 g/mol. The van der Waals surface area contributed by atoms with Crippen LogP contribution in [-0.4, -0.2) is 0 Å². The Bertz CT molecular complexity index is 728. The first-order valence-corrected chi connectivity index (χ1v) is 6.81. The predicted octanol–water partition coefficient (Wildman–Crippen LogP) is -0.363. The molecule has 0 atom stereocenters. The number of fused-ring (bicyclic) bond motifs is 1. The van der Waals surface area contributed by atoms with Gasteiger partial charge < -0.3 is 24.8 Å². The van der Waals surface area contributed by atoms with Gasteiger partial charge in [-0.25, -0.2) is 0 Å². The Hall–Kier alpha value is -1.14. The largest absolute Gasteiger partial charge is 4.00 e. The Balaban J connectivity index is 0.000000377. The summed E-state index contributed by atoms with van der Waals surface area (Å²) in [6.45, 7) is 0. The Labute approximate surface area is 169 Å². The van der Waals surface area contributed by atoms with E-state index in [0.29, 0.717) is 0 Å². The first-order chi connectivity index (χ1) is 9.93. The number of rotatable bonds is 1. The van der Waals surface area contributed by atoms with Gasteiger partial charge in [-0.1, -0.05) is 29.8 Å². The summed E-state index contributed by atoms with van der Waals surface area (Å²) in [7, 11) is 0. The minimum atomic E-state index is 0. The minimum Gasteiger partial charge on any atom is -1.00 e. The molecule has 0 heterocycles. The van der Waals surface area contributed by atoms with Crippen LogP contribution in [0.25, 0.3) is 21.9 Å². The Morgan fingerprint density at radius 2 is 1.26 bits per heavy atom. The van der Waals surface area contributed by atoms with Gasteiger partial charge in [0.15, 0.2) is 0 Å². The van der Waals surface area contributed by atoms with E-state index in [-0.39, 0.29) is 51.0 Å². The average Bonchev–Trinajstić information content (AvgIpc) is 3.20. The van der Waals surface area contributed by atoms with E-state index in [1.165, 1.54) is 21.9 Å². The first-order valence-electron chi connectivity index (χ1n) is 6.81. The molecule has 0 spiro atoms. The van der Waals surface area contributed by atoms with Crippen LogP contribution in [0, 0.1) is 0 Å². The molecule has 0 unspecified atom stereocenters. The van der Waals surface area contributed by atoms with E-state index in [4.69, 9.17) is 0 Å². The van der Waals surface area contributed by atoms with Crippen LogP contribution in [0.15, 0.2) is 97.1 Å². The third-order valence-electron chi connectivity index (χ3n) is 3.32. The van der Waals surface area contributed by atoms with Crippen molar-refractivity contribution in [3.05, 3.63) is 97.1 Å². The van der Waals surface area contributed by atoms with E-state index in [2.05, 4.69) is 91.0 Å². The molecular formula is C20H16Cl2Zr. The van der Waals surface area contributed by atoms with Crippen molar-refractivity contribution in [2.75, 3.05) is 0 Å². The molecule has 0 aliphatic rings. The first kappa shape index (κ1) is 21.9.